The van der Waals surface area contributed by atoms with Crippen LogP contribution in [0, 0.1) is 0 Å². The first-order valence-electron chi connectivity index (χ1n) is 14.0. The lowest BCUT2D eigenvalue weighted by Crippen LogP contribution is -2.46. The number of rotatable bonds is 10. The number of hydrogen-bond donors (Lipinski definition) is 1. The minimum Gasteiger partial charge on any atom is -0.495 e. The number of carbonyl (C=O) groups is 2. The second kappa shape index (κ2) is 13.2. The second-order valence-corrected chi connectivity index (χ2v) is 11.0. The van der Waals surface area contributed by atoms with Gasteiger partial charge in [-0.15, -0.1) is 0 Å². The fourth-order valence-electron chi connectivity index (χ4n) is 5.33. The molecule has 11 heteroatoms. The topological polar surface area (TPSA) is 96.9 Å². The molecule has 0 bridgehead atoms. The quantitative estimate of drug-likeness (QED) is 0.235. The fourth-order valence-corrected chi connectivity index (χ4v) is 6.00. The lowest BCUT2D eigenvalue weighted by molar-refractivity contribution is -0.111. The molecule has 1 fully saturated rings. The van der Waals surface area contributed by atoms with Crippen molar-refractivity contribution in [1.29, 1.82) is 0 Å². The van der Waals surface area contributed by atoms with E-state index < -0.39 is 0 Å². The first-order chi connectivity index (χ1) is 20.8. The number of hydrogen-bond acceptors (Lipinski definition) is 8. The largest absolute Gasteiger partial charge is 0.495 e. The highest BCUT2D eigenvalue weighted by Crippen LogP contribution is 2.42. The molecule has 5 rings (SSSR count). The Morgan fingerprint density at radius 2 is 1.77 bits per heavy atom. The van der Waals surface area contributed by atoms with E-state index in [9.17, 15) is 9.59 Å². The lowest BCUT2D eigenvalue weighted by Gasteiger charge is -2.35. The third kappa shape index (κ3) is 6.39. The van der Waals surface area contributed by atoms with Crippen molar-refractivity contribution >= 4 is 52.3 Å². The van der Waals surface area contributed by atoms with Crippen molar-refractivity contribution in [2.45, 2.75) is 19.8 Å². The maximum atomic E-state index is 13.6. The summed E-state index contributed by atoms with van der Waals surface area (Å²) in [6, 6.07) is 7.61. The number of piperazine rings is 1. The number of carbonyl (C=O) groups excluding carboxylic acids is 2. The van der Waals surface area contributed by atoms with Crippen LogP contribution in [-0.2, 0) is 17.6 Å². The molecule has 2 aliphatic rings. The average Bonchev–Trinajstić information content (AvgIpc) is 3.45. The molecule has 0 saturated carbocycles. The standard InChI is InChI=1S/C32H33Cl2N5O4/c1-5-28(40)37-24-16-22(39-11-9-38(6-2)10-12-39)8-7-19(24)15-27-35-18-21-13-20(14-23(21)36-27)32(41)29-30(33)25(42-3)17-26(43-4)31(29)34/h5,7-8,14,16-18H,1,6,9-13,15H2,2-4H3,(H,37,40). The maximum Gasteiger partial charge on any atom is 0.247 e. The zero-order valence-corrected chi connectivity index (χ0v) is 25.9. The first-order valence-corrected chi connectivity index (χ1v) is 14.8. The van der Waals surface area contributed by atoms with Crippen molar-refractivity contribution in [2.75, 3.05) is 57.2 Å². The molecule has 0 radical (unpaired) electrons. The summed E-state index contributed by atoms with van der Waals surface area (Å²) in [4.78, 5) is 40.0. The molecule has 0 atom stereocenters. The molecule has 224 valence electrons. The summed E-state index contributed by atoms with van der Waals surface area (Å²) < 4.78 is 10.6. The van der Waals surface area contributed by atoms with E-state index in [-0.39, 0.29) is 38.8 Å². The first kappa shape index (κ1) is 30.5. The number of anilines is 2. The van der Waals surface area contributed by atoms with Gasteiger partial charge in [-0.3, -0.25) is 9.59 Å². The Hall–Kier alpha value is -3.92. The Kier molecular flexibility index (Phi) is 9.34. The number of ketones is 1. The summed E-state index contributed by atoms with van der Waals surface area (Å²) in [5, 5.41) is 3.18. The summed E-state index contributed by atoms with van der Waals surface area (Å²) >= 11 is 13.0. The smallest absolute Gasteiger partial charge is 0.247 e. The predicted octanol–water partition coefficient (Wildman–Crippen LogP) is 5.48. The van der Waals surface area contributed by atoms with Gasteiger partial charge < -0.3 is 24.6 Å². The van der Waals surface area contributed by atoms with Gasteiger partial charge in [0.1, 0.15) is 17.3 Å². The third-order valence-electron chi connectivity index (χ3n) is 7.80. The van der Waals surface area contributed by atoms with Crippen LogP contribution in [0.15, 0.2) is 48.7 Å². The monoisotopic (exact) mass is 621 g/mol. The molecule has 3 aromatic rings. The van der Waals surface area contributed by atoms with E-state index in [1.165, 1.54) is 20.3 Å². The minimum atomic E-state index is -0.337. The number of ether oxygens (including phenoxy) is 2. The van der Waals surface area contributed by atoms with Crippen molar-refractivity contribution in [1.82, 2.24) is 14.9 Å². The van der Waals surface area contributed by atoms with Crippen LogP contribution in [0.3, 0.4) is 0 Å². The van der Waals surface area contributed by atoms with Gasteiger partial charge in [-0.1, -0.05) is 42.8 Å². The molecule has 1 aliphatic heterocycles. The van der Waals surface area contributed by atoms with Crippen molar-refractivity contribution in [3.8, 4) is 11.5 Å². The van der Waals surface area contributed by atoms with E-state index in [0.717, 1.165) is 49.5 Å². The molecule has 1 aromatic heterocycles. The van der Waals surface area contributed by atoms with Gasteiger partial charge in [0.2, 0.25) is 5.91 Å². The summed E-state index contributed by atoms with van der Waals surface area (Å²) in [7, 11) is 2.92. The van der Waals surface area contributed by atoms with Crippen LogP contribution in [0.4, 0.5) is 11.4 Å². The summed E-state index contributed by atoms with van der Waals surface area (Å²) in [5.74, 6) is 0.510. The van der Waals surface area contributed by atoms with Crippen LogP contribution in [0.5, 0.6) is 11.5 Å². The summed E-state index contributed by atoms with van der Waals surface area (Å²) in [5.41, 5.74) is 4.66. The number of nitrogens with one attached hydrogen (secondary N) is 1. The maximum absolute atomic E-state index is 13.6. The lowest BCUT2D eigenvalue weighted by atomic mass is 10.0. The number of fused-ring (bicyclic) bond motifs is 1. The average molecular weight is 623 g/mol. The minimum absolute atomic E-state index is 0.116. The SMILES string of the molecule is C=CC(=O)Nc1cc(N2CCN(CC)CC2)ccc1Cc1ncc2c(n1)C=C(C(=O)c1c(Cl)c(OC)cc(OC)c1Cl)C2. The third-order valence-corrected chi connectivity index (χ3v) is 8.55. The van der Waals surface area contributed by atoms with Gasteiger partial charge >= 0.3 is 0 Å². The van der Waals surface area contributed by atoms with E-state index in [4.69, 9.17) is 37.7 Å². The van der Waals surface area contributed by atoms with Crippen LogP contribution < -0.4 is 19.7 Å². The van der Waals surface area contributed by atoms with Crippen LogP contribution >= 0.6 is 23.2 Å². The molecule has 0 unspecified atom stereocenters. The van der Waals surface area contributed by atoms with E-state index in [1.54, 1.807) is 18.3 Å². The number of benzene rings is 2. The van der Waals surface area contributed by atoms with Crippen LogP contribution in [0.2, 0.25) is 10.0 Å². The van der Waals surface area contributed by atoms with Crippen molar-refractivity contribution in [3.63, 3.8) is 0 Å². The molecule has 1 amide bonds. The molecule has 2 aromatic carbocycles. The Labute approximate surface area is 261 Å². The number of methoxy groups -OCH3 is 2. The molecule has 1 N–H and O–H groups in total. The van der Waals surface area contributed by atoms with Crippen molar-refractivity contribution in [3.05, 3.63) is 86.9 Å². The van der Waals surface area contributed by atoms with E-state index in [0.29, 0.717) is 35.6 Å². The van der Waals surface area contributed by atoms with E-state index in [2.05, 4.69) is 39.7 Å². The number of Topliss-reactive ketones (excluding diaryl/α,β-unsaturated/α-hetero) is 1. The van der Waals surface area contributed by atoms with Gasteiger partial charge in [0.25, 0.3) is 0 Å². The van der Waals surface area contributed by atoms with Crippen LogP contribution in [-0.4, -0.2) is 73.5 Å². The summed E-state index contributed by atoms with van der Waals surface area (Å²) in [6.07, 6.45) is 5.43. The number of allylic oxidation sites excluding steroid dienone is 1. The van der Waals surface area contributed by atoms with Crippen molar-refractivity contribution in [2.24, 2.45) is 0 Å². The molecule has 43 heavy (non-hydrogen) atoms. The van der Waals surface area contributed by atoms with E-state index in [1.807, 2.05) is 12.1 Å². The molecular formula is C32H33Cl2N5O4. The van der Waals surface area contributed by atoms with Gasteiger partial charge in [0.05, 0.1) is 35.5 Å². The highest BCUT2D eigenvalue weighted by atomic mass is 35.5. The van der Waals surface area contributed by atoms with E-state index >= 15 is 0 Å². The van der Waals surface area contributed by atoms with Gasteiger partial charge in [0, 0.05) is 73.8 Å². The summed E-state index contributed by atoms with van der Waals surface area (Å²) in [6.45, 7) is 10.6. The Balaban J connectivity index is 1.40. The Morgan fingerprint density at radius 1 is 1.07 bits per heavy atom. The Morgan fingerprint density at radius 3 is 2.40 bits per heavy atom. The van der Waals surface area contributed by atoms with Crippen LogP contribution in [0.25, 0.3) is 6.08 Å². The second-order valence-electron chi connectivity index (χ2n) is 10.3. The molecule has 2 heterocycles. The number of amides is 1. The number of aromatic nitrogens is 2. The molecule has 0 spiro atoms. The van der Waals surface area contributed by atoms with Gasteiger partial charge in [0.15, 0.2) is 5.78 Å². The normalized spacial score (nSPS) is 14.6. The molecule has 1 saturated heterocycles. The van der Waals surface area contributed by atoms with Gasteiger partial charge in [-0.2, -0.15) is 0 Å². The van der Waals surface area contributed by atoms with Gasteiger partial charge in [-0.25, -0.2) is 9.97 Å². The molecular weight excluding hydrogens is 589 g/mol. The Bertz CT molecular complexity index is 1590. The number of halogens is 2. The zero-order valence-electron chi connectivity index (χ0n) is 24.4. The zero-order chi connectivity index (χ0) is 30.7. The van der Waals surface area contributed by atoms with Crippen LogP contribution in [0.1, 0.15) is 39.9 Å². The van der Waals surface area contributed by atoms with Crippen molar-refractivity contribution < 1.29 is 19.1 Å². The molecule has 9 nitrogen and oxygen atoms in total. The highest BCUT2D eigenvalue weighted by molar-refractivity contribution is 6.43. The number of nitrogens with zero attached hydrogens (tertiary/aromatic N) is 4. The number of likely N-dealkylation sites (N-methyl/N-ethyl adjacent to an activating group) is 1. The molecule has 1 aliphatic carbocycles. The fraction of sp³-hybridized carbons (Fsp3) is 0.312. The van der Waals surface area contributed by atoms with Gasteiger partial charge in [-0.05, 0) is 36.4 Å². The predicted molar refractivity (Wildman–Crippen MR) is 170 cm³/mol. The highest BCUT2D eigenvalue weighted by Gasteiger charge is 2.28.